The zero-order chi connectivity index (χ0) is 15.1. The Kier molecular flexibility index (Phi) is 6.27. The maximum absolute atomic E-state index is 5.82. The minimum absolute atomic E-state index is 0.576. The Morgan fingerprint density at radius 3 is 2.43 bits per heavy atom. The van der Waals surface area contributed by atoms with Crippen LogP contribution < -0.4 is 10.1 Å². The number of ether oxygens (including phenoxy) is 1. The standard InChI is InChI=1S/C18H22BrNO/c1-14(2)11-20-12-15-7-9-17(10-8-15)21-13-16-5-3-4-6-18(16)19/h3-10,14,20H,11-13H2,1-2H3. The van der Waals surface area contributed by atoms with Crippen molar-refractivity contribution in [2.45, 2.75) is 27.0 Å². The van der Waals surface area contributed by atoms with Crippen molar-refractivity contribution in [3.63, 3.8) is 0 Å². The molecule has 0 bridgehead atoms. The average Bonchev–Trinajstić information content (AvgIpc) is 2.47. The minimum atomic E-state index is 0.576. The molecule has 2 aromatic carbocycles. The van der Waals surface area contributed by atoms with Gasteiger partial charge in [-0.1, -0.05) is 60.1 Å². The summed E-state index contributed by atoms with van der Waals surface area (Å²) < 4.78 is 6.90. The molecule has 112 valence electrons. The lowest BCUT2D eigenvalue weighted by Crippen LogP contribution is -2.18. The predicted octanol–water partition coefficient (Wildman–Crippen LogP) is 4.77. The van der Waals surface area contributed by atoms with Crippen LogP contribution in [0.3, 0.4) is 0 Å². The van der Waals surface area contributed by atoms with Gasteiger partial charge in [0.25, 0.3) is 0 Å². The summed E-state index contributed by atoms with van der Waals surface area (Å²) in [6.07, 6.45) is 0. The third-order valence-corrected chi connectivity index (χ3v) is 3.93. The molecule has 0 saturated heterocycles. The van der Waals surface area contributed by atoms with Crippen molar-refractivity contribution in [2.75, 3.05) is 6.54 Å². The van der Waals surface area contributed by atoms with Gasteiger partial charge in [-0.25, -0.2) is 0 Å². The molecule has 0 fully saturated rings. The highest BCUT2D eigenvalue weighted by atomic mass is 79.9. The van der Waals surface area contributed by atoms with Crippen LogP contribution in [0.15, 0.2) is 53.0 Å². The van der Waals surface area contributed by atoms with Crippen LogP contribution in [0, 0.1) is 5.92 Å². The molecule has 0 unspecified atom stereocenters. The third kappa shape index (κ3) is 5.52. The second-order valence-corrected chi connectivity index (χ2v) is 6.40. The summed E-state index contributed by atoms with van der Waals surface area (Å²) in [5, 5.41) is 3.44. The van der Waals surface area contributed by atoms with Gasteiger partial charge in [0.15, 0.2) is 0 Å². The van der Waals surface area contributed by atoms with Gasteiger partial charge in [-0.3, -0.25) is 0 Å². The zero-order valence-electron chi connectivity index (χ0n) is 12.6. The third-order valence-electron chi connectivity index (χ3n) is 3.16. The molecular formula is C18H22BrNO. The summed E-state index contributed by atoms with van der Waals surface area (Å²) in [6, 6.07) is 16.4. The van der Waals surface area contributed by atoms with E-state index in [-0.39, 0.29) is 0 Å². The largest absolute Gasteiger partial charge is 0.489 e. The number of halogens is 1. The predicted molar refractivity (Wildman–Crippen MR) is 91.5 cm³/mol. The molecule has 0 spiro atoms. The fraction of sp³-hybridized carbons (Fsp3) is 0.333. The van der Waals surface area contributed by atoms with Crippen LogP contribution in [-0.2, 0) is 13.2 Å². The summed E-state index contributed by atoms with van der Waals surface area (Å²) in [6.45, 7) is 6.95. The summed E-state index contributed by atoms with van der Waals surface area (Å²) in [5.41, 5.74) is 2.43. The molecule has 0 amide bonds. The van der Waals surface area contributed by atoms with Crippen molar-refractivity contribution in [3.05, 3.63) is 64.1 Å². The van der Waals surface area contributed by atoms with E-state index in [0.717, 1.165) is 28.9 Å². The molecule has 21 heavy (non-hydrogen) atoms. The molecule has 0 aliphatic carbocycles. The van der Waals surface area contributed by atoms with Crippen LogP contribution in [0.5, 0.6) is 5.75 Å². The van der Waals surface area contributed by atoms with E-state index in [4.69, 9.17) is 4.74 Å². The Hall–Kier alpha value is -1.32. The van der Waals surface area contributed by atoms with Gasteiger partial charge in [0.1, 0.15) is 12.4 Å². The Balaban J connectivity index is 1.84. The molecule has 0 saturated carbocycles. The number of hydrogen-bond donors (Lipinski definition) is 1. The summed E-state index contributed by atoms with van der Waals surface area (Å²) in [5.74, 6) is 1.58. The number of rotatable bonds is 7. The first-order valence-electron chi connectivity index (χ1n) is 7.31. The van der Waals surface area contributed by atoms with Crippen LogP contribution in [0.4, 0.5) is 0 Å². The zero-order valence-corrected chi connectivity index (χ0v) is 14.2. The lowest BCUT2D eigenvalue weighted by molar-refractivity contribution is 0.305. The smallest absolute Gasteiger partial charge is 0.119 e. The van der Waals surface area contributed by atoms with Gasteiger partial charge in [0.2, 0.25) is 0 Å². The van der Waals surface area contributed by atoms with Crippen molar-refractivity contribution >= 4 is 15.9 Å². The molecule has 0 atom stereocenters. The van der Waals surface area contributed by atoms with E-state index in [1.807, 2.05) is 30.3 Å². The van der Waals surface area contributed by atoms with E-state index < -0.39 is 0 Å². The summed E-state index contributed by atoms with van der Waals surface area (Å²) >= 11 is 3.53. The summed E-state index contributed by atoms with van der Waals surface area (Å²) in [4.78, 5) is 0. The quantitative estimate of drug-likeness (QED) is 0.778. The normalized spacial score (nSPS) is 10.9. The first-order valence-corrected chi connectivity index (χ1v) is 8.10. The molecule has 0 aromatic heterocycles. The molecule has 0 aliphatic heterocycles. The lowest BCUT2D eigenvalue weighted by atomic mass is 10.2. The van der Waals surface area contributed by atoms with E-state index >= 15 is 0 Å². The number of benzene rings is 2. The maximum Gasteiger partial charge on any atom is 0.119 e. The molecule has 2 rings (SSSR count). The van der Waals surface area contributed by atoms with Crippen LogP contribution in [0.1, 0.15) is 25.0 Å². The second-order valence-electron chi connectivity index (χ2n) is 5.55. The Morgan fingerprint density at radius 1 is 1.05 bits per heavy atom. The van der Waals surface area contributed by atoms with E-state index in [1.54, 1.807) is 0 Å². The van der Waals surface area contributed by atoms with Crippen molar-refractivity contribution in [1.29, 1.82) is 0 Å². The first kappa shape index (κ1) is 16.1. The fourth-order valence-electron chi connectivity index (χ4n) is 1.99. The van der Waals surface area contributed by atoms with Gasteiger partial charge in [-0.15, -0.1) is 0 Å². The fourth-order valence-corrected chi connectivity index (χ4v) is 2.38. The highest BCUT2D eigenvalue weighted by Gasteiger charge is 2.01. The van der Waals surface area contributed by atoms with E-state index in [9.17, 15) is 0 Å². The molecule has 3 heteroatoms. The molecule has 2 nitrogen and oxygen atoms in total. The Bertz CT molecular complexity index is 551. The van der Waals surface area contributed by atoms with E-state index in [2.05, 4.69) is 53.3 Å². The van der Waals surface area contributed by atoms with Crippen LogP contribution in [0.25, 0.3) is 0 Å². The lowest BCUT2D eigenvalue weighted by Gasteiger charge is -2.10. The molecular weight excluding hydrogens is 326 g/mol. The van der Waals surface area contributed by atoms with Crippen molar-refractivity contribution in [1.82, 2.24) is 5.32 Å². The molecule has 0 aliphatic rings. The molecule has 2 aromatic rings. The maximum atomic E-state index is 5.82. The van der Waals surface area contributed by atoms with E-state index in [0.29, 0.717) is 12.5 Å². The van der Waals surface area contributed by atoms with Crippen molar-refractivity contribution in [3.8, 4) is 5.75 Å². The van der Waals surface area contributed by atoms with Gasteiger partial charge in [-0.05, 0) is 36.2 Å². The van der Waals surface area contributed by atoms with Crippen LogP contribution in [0.2, 0.25) is 0 Å². The van der Waals surface area contributed by atoms with Gasteiger partial charge in [0.05, 0.1) is 0 Å². The monoisotopic (exact) mass is 347 g/mol. The molecule has 0 heterocycles. The van der Waals surface area contributed by atoms with Crippen molar-refractivity contribution in [2.24, 2.45) is 5.92 Å². The SMILES string of the molecule is CC(C)CNCc1ccc(OCc2ccccc2Br)cc1. The van der Waals surface area contributed by atoms with Gasteiger partial charge >= 0.3 is 0 Å². The van der Waals surface area contributed by atoms with Crippen LogP contribution in [-0.4, -0.2) is 6.54 Å². The second kappa shape index (κ2) is 8.20. The van der Waals surface area contributed by atoms with Gasteiger partial charge in [-0.2, -0.15) is 0 Å². The van der Waals surface area contributed by atoms with Crippen LogP contribution >= 0.6 is 15.9 Å². The topological polar surface area (TPSA) is 21.3 Å². The Labute approximate surface area is 135 Å². The van der Waals surface area contributed by atoms with Gasteiger partial charge in [0, 0.05) is 16.6 Å². The number of hydrogen-bond acceptors (Lipinski definition) is 2. The highest BCUT2D eigenvalue weighted by Crippen LogP contribution is 2.19. The molecule has 0 radical (unpaired) electrons. The average molecular weight is 348 g/mol. The van der Waals surface area contributed by atoms with Crippen molar-refractivity contribution < 1.29 is 4.74 Å². The summed E-state index contributed by atoms with van der Waals surface area (Å²) in [7, 11) is 0. The Morgan fingerprint density at radius 2 is 1.76 bits per heavy atom. The van der Waals surface area contributed by atoms with Gasteiger partial charge < -0.3 is 10.1 Å². The minimum Gasteiger partial charge on any atom is -0.489 e. The first-order chi connectivity index (χ1) is 10.1. The van der Waals surface area contributed by atoms with E-state index in [1.165, 1.54) is 5.56 Å². The molecule has 1 N–H and O–H groups in total. The highest BCUT2D eigenvalue weighted by molar-refractivity contribution is 9.10. The number of nitrogens with one attached hydrogen (secondary N) is 1.